The van der Waals surface area contributed by atoms with E-state index in [1.807, 2.05) is 26.0 Å². The average molecular weight is 267 g/mol. The molecule has 2 nitrogen and oxygen atoms in total. The fourth-order valence-electron chi connectivity index (χ4n) is 2.29. The fourth-order valence-corrected chi connectivity index (χ4v) is 2.29. The normalized spacial score (nSPS) is 17.8. The fraction of sp³-hybridized carbons (Fsp3) is 0.278. The van der Waals surface area contributed by atoms with E-state index in [9.17, 15) is 4.79 Å². The number of hydrogen-bond acceptors (Lipinski definition) is 1. The second-order valence-corrected chi connectivity index (χ2v) is 5.40. The van der Waals surface area contributed by atoms with E-state index in [-0.39, 0.29) is 11.8 Å². The first-order chi connectivity index (χ1) is 9.59. The summed E-state index contributed by atoms with van der Waals surface area (Å²) in [6.07, 6.45) is 9.95. The second kappa shape index (κ2) is 6.38. The summed E-state index contributed by atoms with van der Waals surface area (Å²) in [5, 5.41) is 2.75. The molecule has 0 radical (unpaired) electrons. The van der Waals surface area contributed by atoms with Gasteiger partial charge in [-0.3, -0.25) is 4.79 Å². The van der Waals surface area contributed by atoms with E-state index >= 15 is 0 Å². The van der Waals surface area contributed by atoms with Gasteiger partial charge in [0.1, 0.15) is 0 Å². The topological polar surface area (TPSA) is 29.1 Å². The van der Waals surface area contributed by atoms with Crippen LogP contribution in [0.2, 0.25) is 0 Å². The number of nitrogens with one attached hydrogen (secondary N) is 1. The molecule has 1 aromatic carbocycles. The zero-order chi connectivity index (χ0) is 14.5. The first-order valence-corrected chi connectivity index (χ1v) is 7.00. The summed E-state index contributed by atoms with van der Waals surface area (Å²) in [5.74, 6) is 0.393. The Bertz CT molecular complexity index is 579. The van der Waals surface area contributed by atoms with Crippen LogP contribution in [0.4, 0.5) is 0 Å². The zero-order valence-corrected chi connectivity index (χ0v) is 12.3. The third-order valence-electron chi connectivity index (χ3n) is 3.47. The van der Waals surface area contributed by atoms with Crippen LogP contribution in [0.5, 0.6) is 0 Å². The molecule has 0 aliphatic heterocycles. The molecule has 0 saturated carbocycles. The minimum Gasteiger partial charge on any atom is -0.332 e. The molecular weight excluding hydrogens is 246 g/mol. The number of allylic oxidation sites excluding steroid dienone is 4. The van der Waals surface area contributed by atoms with Gasteiger partial charge in [-0.15, -0.1) is 0 Å². The molecule has 1 unspecified atom stereocenters. The number of benzene rings is 1. The summed E-state index contributed by atoms with van der Waals surface area (Å²) >= 11 is 0. The molecule has 0 fully saturated rings. The van der Waals surface area contributed by atoms with Crippen molar-refractivity contribution in [3.05, 3.63) is 65.4 Å². The molecule has 1 atom stereocenters. The first kappa shape index (κ1) is 14.3. The third-order valence-corrected chi connectivity index (χ3v) is 3.47. The number of hydrogen-bond donors (Lipinski definition) is 1. The van der Waals surface area contributed by atoms with Crippen LogP contribution in [-0.2, 0) is 4.79 Å². The van der Waals surface area contributed by atoms with E-state index in [0.717, 1.165) is 0 Å². The molecule has 0 heterocycles. The Kier molecular flexibility index (Phi) is 4.57. The molecule has 1 N–H and O–H groups in total. The highest BCUT2D eigenvalue weighted by Crippen LogP contribution is 2.36. The maximum absolute atomic E-state index is 11.4. The van der Waals surface area contributed by atoms with Gasteiger partial charge in [-0.25, -0.2) is 0 Å². The van der Waals surface area contributed by atoms with Crippen LogP contribution in [-0.4, -0.2) is 5.91 Å². The number of carbonyl (C=O) groups is 1. The maximum Gasteiger partial charge on any atom is 0.226 e. The van der Waals surface area contributed by atoms with Crippen LogP contribution < -0.4 is 5.32 Å². The monoisotopic (exact) mass is 267 g/mol. The van der Waals surface area contributed by atoms with Gasteiger partial charge in [0.25, 0.3) is 0 Å². The van der Waals surface area contributed by atoms with Gasteiger partial charge in [0.05, 0.1) is 0 Å². The van der Waals surface area contributed by atoms with Crippen LogP contribution in [0.1, 0.15) is 37.8 Å². The SMILES string of the molecule is CC1=Cc2ccccc2C1C=CC=CNC(=O)C(C)C. The molecule has 2 heteroatoms. The molecule has 0 bridgehead atoms. The summed E-state index contributed by atoms with van der Waals surface area (Å²) < 4.78 is 0. The van der Waals surface area contributed by atoms with Crippen molar-refractivity contribution in [3.8, 4) is 0 Å². The molecule has 1 aliphatic carbocycles. The summed E-state index contributed by atoms with van der Waals surface area (Å²) in [4.78, 5) is 11.4. The lowest BCUT2D eigenvalue weighted by Crippen LogP contribution is -2.22. The number of carbonyl (C=O) groups excluding carboxylic acids is 1. The van der Waals surface area contributed by atoms with E-state index in [2.05, 4.69) is 48.7 Å². The lowest BCUT2D eigenvalue weighted by atomic mass is 9.96. The van der Waals surface area contributed by atoms with Crippen molar-refractivity contribution in [3.63, 3.8) is 0 Å². The number of fused-ring (bicyclic) bond motifs is 1. The van der Waals surface area contributed by atoms with Gasteiger partial charge in [-0.1, -0.05) is 61.9 Å². The highest BCUT2D eigenvalue weighted by molar-refractivity contribution is 5.78. The molecule has 1 aromatic rings. The van der Waals surface area contributed by atoms with Crippen LogP contribution in [0.15, 0.2) is 54.3 Å². The van der Waals surface area contributed by atoms with Gasteiger partial charge in [-0.2, -0.15) is 0 Å². The van der Waals surface area contributed by atoms with Crippen molar-refractivity contribution in [1.29, 1.82) is 0 Å². The Morgan fingerprint density at radius 3 is 2.75 bits per heavy atom. The van der Waals surface area contributed by atoms with Crippen molar-refractivity contribution in [2.24, 2.45) is 5.92 Å². The van der Waals surface area contributed by atoms with Gasteiger partial charge in [0.2, 0.25) is 5.91 Å². The van der Waals surface area contributed by atoms with Crippen LogP contribution in [0.25, 0.3) is 6.08 Å². The van der Waals surface area contributed by atoms with Crippen molar-refractivity contribution in [2.45, 2.75) is 26.7 Å². The largest absolute Gasteiger partial charge is 0.332 e. The van der Waals surface area contributed by atoms with Crippen molar-refractivity contribution < 1.29 is 4.79 Å². The molecule has 1 aliphatic rings. The molecule has 104 valence electrons. The molecule has 1 amide bonds. The third kappa shape index (κ3) is 3.27. The van der Waals surface area contributed by atoms with E-state index in [0.29, 0.717) is 5.92 Å². The van der Waals surface area contributed by atoms with Gasteiger partial charge in [0, 0.05) is 18.0 Å². The lowest BCUT2D eigenvalue weighted by Gasteiger charge is -2.08. The Morgan fingerprint density at radius 1 is 1.25 bits per heavy atom. The summed E-state index contributed by atoms with van der Waals surface area (Å²) in [6, 6.07) is 8.45. The van der Waals surface area contributed by atoms with Gasteiger partial charge >= 0.3 is 0 Å². The summed E-state index contributed by atoms with van der Waals surface area (Å²) in [5.41, 5.74) is 4.00. The molecule has 20 heavy (non-hydrogen) atoms. The van der Waals surface area contributed by atoms with Crippen LogP contribution >= 0.6 is 0 Å². The van der Waals surface area contributed by atoms with Crippen molar-refractivity contribution >= 4 is 12.0 Å². The highest BCUT2D eigenvalue weighted by atomic mass is 16.1. The Hall–Kier alpha value is -2.09. The van der Waals surface area contributed by atoms with Crippen LogP contribution in [0.3, 0.4) is 0 Å². The summed E-state index contributed by atoms with van der Waals surface area (Å²) in [7, 11) is 0. The predicted octanol–water partition coefficient (Wildman–Crippen LogP) is 4.03. The highest BCUT2D eigenvalue weighted by Gasteiger charge is 2.18. The van der Waals surface area contributed by atoms with Crippen molar-refractivity contribution in [2.75, 3.05) is 0 Å². The maximum atomic E-state index is 11.4. The smallest absolute Gasteiger partial charge is 0.226 e. The summed E-state index contributed by atoms with van der Waals surface area (Å²) in [6.45, 7) is 5.91. The minimum absolute atomic E-state index is 0.00974. The van der Waals surface area contributed by atoms with Gasteiger partial charge in [-0.05, 0) is 24.1 Å². The molecule has 0 spiro atoms. The Labute approximate surface area is 120 Å². The van der Waals surface area contributed by atoms with Gasteiger partial charge < -0.3 is 5.32 Å². The van der Waals surface area contributed by atoms with Crippen LogP contribution in [0, 0.1) is 5.92 Å². The standard InChI is InChI=1S/C18H21NO/c1-13(2)18(20)19-11-7-6-9-16-14(3)12-15-8-4-5-10-17(15)16/h4-13,16H,1-3H3,(H,19,20). The van der Waals surface area contributed by atoms with E-state index < -0.39 is 0 Å². The molecule has 0 saturated heterocycles. The Morgan fingerprint density at radius 2 is 2.00 bits per heavy atom. The quantitative estimate of drug-likeness (QED) is 0.820. The zero-order valence-electron chi connectivity index (χ0n) is 12.3. The van der Waals surface area contributed by atoms with Crippen molar-refractivity contribution in [1.82, 2.24) is 5.32 Å². The lowest BCUT2D eigenvalue weighted by molar-refractivity contribution is -0.123. The van der Waals surface area contributed by atoms with E-state index in [4.69, 9.17) is 0 Å². The Balaban J connectivity index is 1.97. The van der Waals surface area contributed by atoms with E-state index in [1.165, 1.54) is 16.7 Å². The van der Waals surface area contributed by atoms with E-state index in [1.54, 1.807) is 6.20 Å². The molecule has 0 aromatic heterocycles. The number of amides is 1. The average Bonchev–Trinajstić information content (AvgIpc) is 2.74. The predicted molar refractivity (Wildman–Crippen MR) is 84.1 cm³/mol. The molecule has 2 rings (SSSR count). The minimum atomic E-state index is 0.00974. The number of rotatable bonds is 4. The first-order valence-electron chi connectivity index (χ1n) is 7.00. The second-order valence-electron chi connectivity index (χ2n) is 5.40. The van der Waals surface area contributed by atoms with Gasteiger partial charge in [0.15, 0.2) is 0 Å². The molecular formula is C18H21NO.